The van der Waals surface area contributed by atoms with Crippen molar-refractivity contribution in [1.82, 2.24) is 0 Å². The highest BCUT2D eigenvalue weighted by molar-refractivity contribution is 7.10. The fraction of sp³-hybridized carbons (Fsp3) is 0.714. The Kier molecular flexibility index (Phi) is 3.03. The molecule has 0 bridgehead atoms. The lowest BCUT2D eigenvalue weighted by Crippen LogP contribution is -2.28. The monoisotopic (exact) mass is 236 g/mol. The van der Waals surface area contributed by atoms with Crippen molar-refractivity contribution in [3.05, 3.63) is 21.9 Å². The zero-order valence-electron chi connectivity index (χ0n) is 9.69. The summed E-state index contributed by atoms with van der Waals surface area (Å²) in [5.41, 5.74) is 1.47. The lowest BCUT2D eigenvalue weighted by molar-refractivity contribution is 0.0768. The first-order valence-corrected chi connectivity index (χ1v) is 7.48. The Hall–Kier alpha value is -0.340. The van der Waals surface area contributed by atoms with E-state index in [1.54, 1.807) is 0 Å². The lowest BCUT2D eigenvalue weighted by atomic mass is 9.79. The van der Waals surface area contributed by atoms with Crippen LogP contribution in [0.5, 0.6) is 0 Å². The minimum Gasteiger partial charge on any atom is -0.392 e. The second-order valence-corrected chi connectivity index (χ2v) is 6.33. The van der Waals surface area contributed by atoms with Crippen LogP contribution in [0.15, 0.2) is 11.4 Å². The molecule has 88 valence electrons. The van der Waals surface area contributed by atoms with E-state index in [0.717, 1.165) is 0 Å². The maximum Gasteiger partial charge on any atom is 0.0637 e. The largest absolute Gasteiger partial charge is 0.392 e. The topological polar surface area (TPSA) is 20.2 Å². The Labute approximate surface area is 102 Å². The average molecular weight is 236 g/mol. The maximum absolute atomic E-state index is 10.5. The molecule has 16 heavy (non-hydrogen) atoms. The van der Waals surface area contributed by atoms with Crippen molar-refractivity contribution in [3.8, 4) is 0 Å². The van der Waals surface area contributed by atoms with Crippen molar-refractivity contribution in [1.29, 1.82) is 0 Å². The van der Waals surface area contributed by atoms with Gasteiger partial charge in [0.05, 0.1) is 6.10 Å². The summed E-state index contributed by atoms with van der Waals surface area (Å²) in [6, 6.07) is 2.25. The number of aliphatic hydroxyl groups is 1. The molecule has 2 aliphatic rings. The Morgan fingerprint density at radius 1 is 1.19 bits per heavy atom. The van der Waals surface area contributed by atoms with Gasteiger partial charge in [-0.1, -0.05) is 12.8 Å². The van der Waals surface area contributed by atoms with E-state index in [4.69, 9.17) is 0 Å². The number of aliphatic hydroxyl groups excluding tert-OH is 1. The van der Waals surface area contributed by atoms with Crippen LogP contribution in [0.3, 0.4) is 0 Å². The quantitative estimate of drug-likeness (QED) is 0.829. The first-order chi connectivity index (χ1) is 7.86. The molecule has 0 saturated heterocycles. The van der Waals surface area contributed by atoms with Gasteiger partial charge in [0.25, 0.3) is 0 Å². The van der Waals surface area contributed by atoms with Gasteiger partial charge in [0.15, 0.2) is 0 Å². The van der Waals surface area contributed by atoms with Crippen LogP contribution in [0.1, 0.15) is 54.9 Å². The molecule has 1 nitrogen and oxygen atoms in total. The summed E-state index contributed by atoms with van der Waals surface area (Å²) in [5.74, 6) is 1.02. The van der Waals surface area contributed by atoms with E-state index in [1.165, 1.54) is 55.4 Å². The van der Waals surface area contributed by atoms with Crippen molar-refractivity contribution in [2.75, 3.05) is 0 Å². The first-order valence-electron chi connectivity index (χ1n) is 6.60. The minimum absolute atomic E-state index is 0.0730. The third-order valence-corrected chi connectivity index (χ3v) is 5.39. The van der Waals surface area contributed by atoms with Crippen LogP contribution in [-0.2, 0) is 6.42 Å². The first kappa shape index (κ1) is 10.8. The number of aryl methyl sites for hydroxylation is 1. The Morgan fingerprint density at radius 3 is 2.81 bits per heavy atom. The van der Waals surface area contributed by atoms with Gasteiger partial charge in [-0.05, 0) is 55.0 Å². The normalized spacial score (nSPS) is 27.9. The SMILES string of the molecule is OC(C1CCCC1)C1CCCc2sccc21. The standard InChI is InChI=1S/C14H20OS/c15-14(10-4-1-2-5-10)12-6-3-7-13-11(12)8-9-16-13/h8-10,12,14-15H,1-7H2. The Balaban J connectivity index is 1.80. The molecule has 1 aromatic rings. The van der Waals surface area contributed by atoms with Gasteiger partial charge >= 0.3 is 0 Å². The van der Waals surface area contributed by atoms with E-state index in [0.29, 0.717) is 11.8 Å². The minimum atomic E-state index is -0.0730. The second kappa shape index (κ2) is 4.50. The van der Waals surface area contributed by atoms with E-state index in [2.05, 4.69) is 11.4 Å². The van der Waals surface area contributed by atoms with E-state index in [9.17, 15) is 5.11 Å². The summed E-state index contributed by atoms with van der Waals surface area (Å²) in [6.45, 7) is 0. The van der Waals surface area contributed by atoms with Gasteiger partial charge in [0, 0.05) is 10.8 Å². The summed E-state index contributed by atoms with van der Waals surface area (Å²) in [5, 5.41) is 12.7. The van der Waals surface area contributed by atoms with Crippen molar-refractivity contribution < 1.29 is 5.11 Å². The van der Waals surface area contributed by atoms with E-state index in [-0.39, 0.29) is 6.10 Å². The van der Waals surface area contributed by atoms with Crippen LogP contribution in [0.2, 0.25) is 0 Å². The van der Waals surface area contributed by atoms with Crippen molar-refractivity contribution in [3.63, 3.8) is 0 Å². The molecule has 1 heterocycles. The molecule has 0 amide bonds. The zero-order valence-corrected chi connectivity index (χ0v) is 10.5. The predicted octanol–water partition coefficient (Wildman–Crippen LogP) is 3.72. The van der Waals surface area contributed by atoms with Crippen LogP contribution in [0, 0.1) is 5.92 Å². The fourth-order valence-electron chi connectivity index (χ4n) is 3.50. The molecule has 0 spiro atoms. The third-order valence-electron chi connectivity index (χ3n) is 4.39. The van der Waals surface area contributed by atoms with Gasteiger partial charge < -0.3 is 5.11 Å². The van der Waals surface area contributed by atoms with Crippen LogP contribution >= 0.6 is 11.3 Å². The molecular weight excluding hydrogens is 216 g/mol. The molecule has 2 atom stereocenters. The van der Waals surface area contributed by atoms with Gasteiger partial charge in [-0.3, -0.25) is 0 Å². The van der Waals surface area contributed by atoms with Gasteiger partial charge in [-0.2, -0.15) is 0 Å². The molecule has 0 aliphatic heterocycles. The molecule has 3 rings (SSSR count). The van der Waals surface area contributed by atoms with Crippen molar-refractivity contribution in [2.24, 2.45) is 5.92 Å². The number of rotatable bonds is 2. The Bertz CT molecular complexity index is 351. The van der Waals surface area contributed by atoms with E-state index < -0.39 is 0 Å². The van der Waals surface area contributed by atoms with Crippen LogP contribution in [0.4, 0.5) is 0 Å². The summed E-state index contributed by atoms with van der Waals surface area (Å²) in [6.07, 6.45) is 8.77. The smallest absolute Gasteiger partial charge is 0.0637 e. The van der Waals surface area contributed by atoms with Gasteiger partial charge in [-0.25, -0.2) is 0 Å². The van der Waals surface area contributed by atoms with Gasteiger partial charge in [-0.15, -0.1) is 11.3 Å². The predicted molar refractivity (Wildman–Crippen MR) is 68.0 cm³/mol. The fourth-order valence-corrected chi connectivity index (χ4v) is 4.50. The second-order valence-electron chi connectivity index (χ2n) is 5.33. The number of hydrogen-bond acceptors (Lipinski definition) is 2. The van der Waals surface area contributed by atoms with Crippen LogP contribution < -0.4 is 0 Å². The molecule has 2 heteroatoms. The highest BCUT2D eigenvalue weighted by atomic mass is 32.1. The molecule has 1 aromatic heterocycles. The van der Waals surface area contributed by atoms with Crippen molar-refractivity contribution in [2.45, 2.75) is 57.0 Å². The van der Waals surface area contributed by atoms with Crippen LogP contribution in [0.25, 0.3) is 0 Å². The van der Waals surface area contributed by atoms with Gasteiger partial charge in [0.2, 0.25) is 0 Å². The summed E-state index contributed by atoms with van der Waals surface area (Å²) >= 11 is 1.88. The number of thiophene rings is 1. The third kappa shape index (κ3) is 1.82. The number of fused-ring (bicyclic) bond motifs is 1. The van der Waals surface area contributed by atoms with Crippen LogP contribution in [-0.4, -0.2) is 11.2 Å². The maximum atomic E-state index is 10.5. The van der Waals surface area contributed by atoms with Crippen molar-refractivity contribution >= 4 is 11.3 Å². The van der Waals surface area contributed by atoms with Gasteiger partial charge in [0.1, 0.15) is 0 Å². The highest BCUT2D eigenvalue weighted by Gasteiger charge is 2.33. The van der Waals surface area contributed by atoms with E-state index in [1.807, 2.05) is 11.3 Å². The molecule has 2 aliphatic carbocycles. The summed E-state index contributed by atoms with van der Waals surface area (Å²) in [7, 11) is 0. The molecule has 0 radical (unpaired) electrons. The number of hydrogen-bond donors (Lipinski definition) is 1. The molecule has 1 fully saturated rings. The molecule has 2 unspecified atom stereocenters. The Morgan fingerprint density at radius 2 is 2.00 bits per heavy atom. The zero-order chi connectivity index (χ0) is 11.0. The molecular formula is C14H20OS. The average Bonchev–Trinajstić information content (AvgIpc) is 2.98. The van der Waals surface area contributed by atoms with E-state index >= 15 is 0 Å². The summed E-state index contributed by atoms with van der Waals surface area (Å²) < 4.78 is 0. The molecule has 1 saturated carbocycles. The molecule has 0 aromatic carbocycles. The summed E-state index contributed by atoms with van der Waals surface area (Å²) in [4.78, 5) is 1.54. The lowest BCUT2D eigenvalue weighted by Gasteiger charge is -2.30. The molecule has 1 N–H and O–H groups in total. The highest BCUT2D eigenvalue weighted by Crippen LogP contribution is 2.42.